The number of hydrogen-bond acceptors (Lipinski definition) is 4. The largest absolute Gasteiger partial charge is 0.465 e. The first-order chi connectivity index (χ1) is 8.76. The summed E-state index contributed by atoms with van der Waals surface area (Å²) >= 11 is 0. The molecule has 5 nitrogen and oxygen atoms in total. The minimum atomic E-state index is -0.368. The first kappa shape index (κ1) is 12.4. The number of H-pyrrole nitrogens is 1. The van der Waals surface area contributed by atoms with Crippen molar-refractivity contribution in [3.05, 3.63) is 23.8 Å². The second-order valence-corrected chi connectivity index (χ2v) is 4.06. The van der Waals surface area contributed by atoms with Crippen LogP contribution in [0.15, 0.2) is 18.2 Å². The van der Waals surface area contributed by atoms with Gasteiger partial charge in [0.2, 0.25) is 5.95 Å². The lowest BCUT2D eigenvalue weighted by atomic mass is 10.2. The van der Waals surface area contributed by atoms with Crippen molar-refractivity contribution < 1.29 is 9.53 Å². The molecule has 0 aliphatic heterocycles. The van der Waals surface area contributed by atoms with E-state index in [4.69, 9.17) is 4.74 Å². The van der Waals surface area contributed by atoms with Gasteiger partial charge < -0.3 is 15.0 Å². The Morgan fingerprint density at radius 2 is 2.33 bits per heavy atom. The maximum Gasteiger partial charge on any atom is 0.340 e. The molecule has 0 saturated heterocycles. The number of anilines is 1. The Hall–Kier alpha value is -2.04. The number of aromatic nitrogens is 2. The number of para-hydroxylation sites is 1. The van der Waals surface area contributed by atoms with Crippen molar-refractivity contribution in [2.45, 2.75) is 19.8 Å². The molecule has 0 aliphatic carbocycles. The van der Waals surface area contributed by atoms with Crippen LogP contribution in [-0.4, -0.2) is 29.6 Å². The van der Waals surface area contributed by atoms with Gasteiger partial charge in [-0.15, -0.1) is 0 Å². The molecule has 0 radical (unpaired) electrons. The van der Waals surface area contributed by atoms with Crippen LogP contribution in [0.2, 0.25) is 0 Å². The first-order valence-corrected chi connectivity index (χ1v) is 6.07. The Bertz CT molecular complexity index is 548. The van der Waals surface area contributed by atoms with Crippen LogP contribution >= 0.6 is 0 Å². The van der Waals surface area contributed by atoms with Crippen LogP contribution in [0.25, 0.3) is 11.0 Å². The Labute approximate surface area is 106 Å². The van der Waals surface area contributed by atoms with Gasteiger partial charge in [-0.2, -0.15) is 0 Å². The van der Waals surface area contributed by atoms with Gasteiger partial charge in [-0.1, -0.05) is 19.4 Å². The number of rotatable bonds is 5. The van der Waals surface area contributed by atoms with Gasteiger partial charge >= 0.3 is 5.97 Å². The van der Waals surface area contributed by atoms with E-state index in [1.807, 2.05) is 12.1 Å². The van der Waals surface area contributed by atoms with Crippen molar-refractivity contribution in [3.8, 4) is 0 Å². The highest BCUT2D eigenvalue weighted by Crippen LogP contribution is 2.19. The molecule has 2 N–H and O–H groups in total. The van der Waals surface area contributed by atoms with E-state index in [1.165, 1.54) is 7.11 Å². The normalized spacial score (nSPS) is 10.6. The Balaban J connectivity index is 2.29. The summed E-state index contributed by atoms with van der Waals surface area (Å²) in [4.78, 5) is 19.1. The standard InChI is InChI=1S/C13H17N3O2/c1-3-4-8-14-13-15-10-7-5-6-9(11(10)16-13)12(17)18-2/h5-7H,3-4,8H2,1-2H3,(H2,14,15,16). The summed E-state index contributed by atoms with van der Waals surface area (Å²) < 4.78 is 4.74. The lowest BCUT2D eigenvalue weighted by Crippen LogP contribution is -2.03. The molecule has 18 heavy (non-hydrogen) atoms. The van der Waals surface area contributed by atoms with Crippen LogP contribution in [0.3, 0.4) is 0 Å². The van der Waals surface area contributed by atoms with Crippen LogP contribution in [-0.2, 0) is 4.74 Å². The van der Waals surface area contributed by atoms with Gasteiger partial charge in [-0.25, -0.2) is 9.78 Å². The second kappa shape index (κ2) is 5.53. The van der Waals surface area contributed by atoms with E-state index in [1.54, 1.807) is 6.07 Å². The zero-order chi connectivity index (χ0) is 13.0. The molecular formula is C13H17N3O2. The molecule has 0 amide bonds. The van der Waals surface area contributed by atoms with Gasteiger partial charge in [0, 0.05) is 6.54 Å². The number of unbranched alkanes of at least 4 members (excludes halogenated alkanes) is 1. The number of carbonyl (C=O) groups is 1. The fourth-order valence-corrected chi connectivity index (χ4v) is 1.77. The quantitative estimate of drug-likeness (QED) is 0.629. The molecule has 1 aromatic heterocycles. The maximum atomic E-state index is 11.6. The number of imidazole rings is 1. The van der Waals surface area contributed by atoms with Crippen molar-refractivity contribution in [3.63, 3.8) is 0 Å². The monoisotopic (exact) mass is 247 g/mol. The van der Waals surface area contributed by atoms with Crippen molar-refractivity contribution in [1.82, 2.24) is 9.97 Å². The predicted molar refractivity (Wildman–Crippen MR) is 70.8 cm³/mol. The van der Waals surface area contributed by atoms with Gasteiger partial charge in [-0.05, 0) is 18.6 Å². The summed E-state index contributed by atoms with van der Waals surface area (Å²) in [6.45, 7) is 3.00. The molecule has 1 heterocycles. The minimum absolute atomic E-state index is 0.368. The summed E-state index contributed by atoms with van der Waals surface area (Å²) in [6.07, 6.45) is 2.21. The van der Waals surface area contributed by atoms with Gasteiger partial charge in [0.05, 0.1) is 18.2 Å². The lowest BCUT2D eigenvalue weighted by Gasteiger charge is -1.99. The lowest BCUT2D eigenvalue weighted by molar-refractivity contribution is 0.0603. The number of carbonyl (C=O) groups excluding carboxylic acids is 1. The van der Waals surface area contributed by atoms with Crippen molar-refractivity contribution in [1.29, 1.82) is 0 Å². The third-order valence-corrected chi connectivity index (χ3v) is 2.74. The molecule has 0 unspecified atom stereocenters. The number of hydrogen-bond donors (Lipinski definition) is 2. The van der Waals surface area contributed by atoms with Crippen LogP contribution in [0.4, 0.5) is 5.95 Å². The second-order valence-electron chi connectivity index (χ2n) is 4.06. The topological polar surface area (TPSA) is 67.0 Å². The number of esters is 1. The molecule has 0 bridgehead atoms. The molecule has 0 atom stereocenters. The molecular weight excluding hydrogens is 230 g/mol. The highest BCUT2D eigenvalue weighted by molar-refractivity contribution is 6.02. The van der Waals surface area contributed by atoms with Crippen molar-refractivity contribution in [2.75, 3.05) is 19.0 Å². The summed E-state index contributed by atoms with van der Waals surface area (Å²) in [5.74, 6) is 0.321. The van der Waals surface area contributed by atoms with Crippen LogP contribution in [0, 0.1) is 0 Å². The molecule has 0 spiro atoms. The number of methoxy groups -OCH3 is 1. The Morgan fingerprint density at radius 1 is 1.50 bits per heavy atom. The number of aromatic amines is 1. The highest BCUT2D eigenvalue weighted by atomic mass is 16.5. The van der Waals surface area contributed by atoms with Crippen molar-refractivity contribution >= 4 is 23.0 Å². The molecule has 0 aliphatic rings. The van der Waals surface area contributed by atoms with E-state index in [0.29, 0.717) is 17.0 Å². The smallest absolute Gasteiger partial charge is 0.340 e. The summed E-state index contributed by atoms with van der Waals surface area (Å²) in [6, 6.07) is 5.41. The highest BCUT2D eigenvalue weighted by Gasteiger charge is 2.13. The number of benzene rings is 1. The molecule has 96 valence electrons. The fourth-order valence-electron chi connectivity index (χ4n) is 1.77. The minimum Gasteiger partial charge on any atom is -0.465 e. The molecule has 1 aromatic carbocycles. The SMILES string of the molecule is CCCCNc1nc2c(C(=O)OC)cccc2[nH]1. The molecule has 2 rings (SSSR count). The molecule has 5 heteroatoms. The Morgan fingerprint density at radius 3 is 3.06 bits per heavy atom. The zero-order valence-electron chi connectivity index (χ0n) is 10.6. The van der Waals surface area contributed by atoms with E-state index in [0.717, 1.165) is 24.9 Å². The van der Waals surface area contributed by atoms with Gasteiger partial charge in [0.25, 0.3) is 0 Å². The fraction of sp³-hybridized carbons (Fsp3) is 0.385. The van der Waals surface area contributed by atoms with E-state index >= 15 is 0 Å². The average Bonchev–Trinajstić information content (AvgIpc) is 2.80. The van der Waals surface area contributed by atoms with Crippen molar-refractivity contribution in [2.24, 2.45) is 0 Å². The summed E-state index contributed by atoms with van der Waals surface area (Å²) in [5.41, 5.74) is 1.95. The van der Waals surface area contributed by atoms with E-state index in [-0.39, 0.29) is 5.97 Å². The number of nitrogens with one attached hydrogen (secondary N) is 2. The molecule has 0 saturated carbocycles. The van der Waals surface area contributed by atoms with E-state index in [9.17, 15) is 4.79 Å². The maximum absolute atomic E-state index is 11.6. The first-order valence-electron chi connectivity index (χ1n) is 6.07. The zero-order valence-corrected chi connectivity index (χ0v) is 10.6. The van der Waals surface area contributed by atoms with E-state index < -0.39 is 0 Å². The van der Waals surface area contributed by atoms with Gasteiger partial charge in [-0.3, -0.25) is 0 Å². The third kappa shape index (κ3) is 2.45. The number of fused-ring (bicyclic) bond motifs is 1. The predicted octanol–water partition coefficient (Wildman–Crippen LogP) is 2.56. The van der Waals surface area contributed by atoms with Crippen LogP contribution in [0.1, 0.15) is 30.1 Å². The molecule has 2 aromatic rings. The Kier molecular flexibility index (Phi) is 3.82. The summed E-state index contributed by atoms with van der Waals surface area (Å²) in [7, 11) is 1.37. The van der Waals surface area contributed by atoms with Crippen LogP contribution < -0.4 is 5.32 Å². The molecule has 0 fully saturated rings. The average molecular weight is 247 g/mol. The summed E-state index contributed by atoms with van der Waals surface area (Å²) in [5, 5.41) is 3.20. The number of ether oxygens (including phenoxy) is 1. The van der Waals surface area contributed by atoms with Gasteiger partial charge in [0.1, 0.15) is 5.52 Å². The third-order valence-electron chi connectivity index (χ3n) is 2.74. The van der Waals surface area contributed by atoms with Gasteiger partial charge in [0.15, 0.2) is 0 Å². The van der Waals surface area contributed by atoms with Crippen LogP contribution in [0.5, 0.6) is 0 Å². The number of nitrogens with zero attached hydrogens (tertiary/aromatic N) is 1. The van der Waals surface area contributed by atoms with E-state index in [2.05, 4.69) is 22.2 Å².